The van der Waals surface area contributed by atoms with Crippen LogP contribution in [0.25, 0.3) is 0 Å². The van der Waals surface area contributed by atoms with Crippen LogP contribution in [0.3, 0.4) is 0 Å². The smallest absolute Gasteiger partial charge is 0.309 e. The van der Waals surface area contributed by atoms with Gasteiger partial charge in [-0.2, -0.15) is 23.4 Å². The highest BCUT2D eigenvalue weighted by atomic mass is 79.9. The van der Waals surface area contributed by atoms with Crippen molar-refractivity contribution < 1.29 is 18.0 Å². The molecule has 2 aromatic heterocycles. The summed E-state index contributed by atoms with van der Waals surface area (Å²) in [7, 11) is 0. The number of hydrogen-bond acceptors (Lipinski definition) is 3. The molecule has 0 unspecified atom stereocenters. The minimum atomic E-state index is -4.56. The molecule has 6 nitrogen and oxygen atoms in total. The van der Waals surface area contributed by atoms with Crippen molar-refractivity contribution in [3.8, 4) is 0 Å². The Balaban J connectivity index is 1.56. The molecule has 0 fully saturated rings. The van der Waals surface area contributed by atoms with Gasteiger partial charge in [0.2, 0.25) is 5.91 Å². The van der Waals surface area contributed by atoms with Gasteiger partial charge in [-0.25, -0.2) is 0 Å². The molecule has 0 saturated carbocycles. The summed E-state index contributed by atoms with van der Waals surface area (Å²) in [5.41, 5.74) is 0.296. The number of amides is 1. The predicted octanol–water partition coefficient (Wildman–Crippen LogP) is 4.90. The summed E-state index contributed by atoms with van der Waals surface area (Å²) in [5.74, 6) is -0.0142. The van der Waals surface area contributed by atoms with Crippen molar-refractivity contribution >= 4 is 39.3 Å². The van der Waals surface area contributed by atoms with Gasteiger partial charge in [-0.05, 0) is 40.5 Å². The summed E-state index contributed by atoms with van der Waals surface area (Å²) in [6, 6.07) is 8.96. The van der Waals surface area contributed by atoms with E-state index in [0.29, 0.717) is 23.1 Å². The Hall–Kier alpha value is -2.33. The molecule has 0 spiro atoms. The van der Waals surface area contributed by atoms with Gasteiger partial charge in [0.05, 0.1) is 23.3 Å². The molecule has 0 atom stereocenters. The minimum absolute atomic E-state index is 0.0117. The Morgan fingerprint density at radius 1 is 1.21 bits per heavy atom. The van der Waals surface area contributed by atoms with Crippen LogP contribution in [0.4, 0.5) is 19.0 Å². The van der Waals surface area contributed by atoms with Gasteiger partial charge in [-0.3, -0.25) is 14.2 Å². The summed E-state index contributed by atoms with van der Waals surface area (Å²) < 4.78 is 41.4. The van der Waals surface area contributed by atoms with E-state index in [1.165, 1.54) is 6.92 Å². The lowest BCUT2D eigenvalue weighted by Crippen LogP contribution is -2.16. The van der Waals surface area contributed by atoms with Crippen LogP contribution in [0, 0.1) is 6.92 Å². The molecule has 0 bridgehead atoms. The van der Waals surface area contributed by atoms with Crippen molar-refractivity contribution in [3.63, 3.8) is 0 Å². The molecule has 0 aliphatic carbocycles. The third-order valence-corrected chi connectivity index (χ3v) is 5.32. The Morgan fingerprint density at radius 2 is 1.90 bits per heavy atom. The Kier molecular flexibility index (Phi) is 6.33. The van der Waals surface area contributed by atoms with Crippen LogP contribution in [0.15, 0.2) is 41.0 Å². The number of hydrogen-bond donors (Lipinski definition) is 1. The number of nitrogens with zero attached hydrogens (tertiary/aromatic N) is 4. The maximum Gasteiger partial charge on any atom is 0.436 e. The normalized spacial score (nSPS) is 11.7. The van der Waals surface area contributed by atoms with E-state index >= 15 is 0 Å². The first-order valence-electron chi connectivity index (χ1n) is 8.51. The zero-order valence-corrected chi connectivity index (χ0v) is 17.5. The zero-order valence-electron chi connectivity index (χ0n) is 15.2. The van der Waals surface area contributed by atoms with Crippen LogP contribution in [0.5, 0.6) is 0 Å². The van der Waals surface area contributed by atoms with Crippen molar-refractivity contribution in [2.24, 2.45) is 0 Å². The maximum atomic E-state index is 12.9. The Bertz CT molecular complexity index is 1010. The van der Waals surface area contributed by atoms with Crippen molar-refractivity contribution in [1.29, 1.82) is 0 Å². The van der Waals surface area contributed by atoms with Gasteiger partial charge in [-0.1, -0.05) is 23.7 Å². The molecule has 1 N–H and O–H groups in total. The fourth-order valence-electron chi connectivity index (χ4n) is 2.63. The van der Waals surface area contributed by atoms with Crippen LogP contribution in [-0.4, -0.2) is 25.5 Å². The highest BCUT2D eigenvalue weighted by Gasteiger charge is 2.37. The molecule has 29 heavy (non-hydrogen) atoms. The second kappa shape index (κ2) is 8.58. The lowest BCUT2D eigenvalue weighted by molar-refractivity contribution is -0.142. The van der Waals surface area contributed by atoms with E-state index in [0.717, 1.165) is 10.2 Å². The lowest BCUT2D eigenvalue weighted by atomic mass is 10.2. The van der Waals surface area contributed by atoms with Crippen LogP contribution in [0.2, 0.25) is 5.02 Å². The first-order valence-corrected chi connectivity index (χ1v) is 9.68. The van der Waals surface area contributed by atoms with Crippen molar-refractivity contribution in [2.75, 3.05) is 5.32 Å². The average Bonchev–Trinajstić information content (AvgIpc) is 3.20. The van der Waals surface area contributed by atoms with Gasteiger partial charge in [0.15, 0.2) is 11.5 Å². The van der Waals surface area contributed by atoms with E-state index in [4.69, 9.17) is 11.6 Å². The molecule has 0 radical (unpaired) electrons. The highest BCUT2D eigenvalue weighted by Crippen LogP contribution is 2.35. The van der Waals surface area contributed by atoms with E-state index < -0.39 is 11.9 Å². The maximum absolute atomic E-state index is 12.9. The van der Waals surface area contributed by atoms with Crippen LogP contribution >= 0.6 is 27.5 Å². The molecule has 0 aliphatic rings. The van der Waals surface area contributed by atoms with Crippen molar-refractivity contribution in [1.82, 2.24) is 19.6 Å². The number of carbonyl (C=O) groups excluding carboxylic acids is 1. The van der Waals surface area contributed by atoms with Crippen molar-refractivity contribution in [3.05, 3.63) is 63.0 Å². The van der Waals surface area contributed by atoms with E-state index in [-0.39, 0.29) is 23.3 Å². The van der Waals surface area contributed by atoms with Gasteiger partial charge in [0.25, 0.3) is 0 Å². The van der Waals surface area contributed by atoms with Crippen LogP contribution in [-0.2, 0) is 24.1 Å². The zero-order chi connectivity index (χ0) is 21.2. The number of benzene rings is 1. The highest BCUT2D eigenvalue weighted by molar-refractivity contribution is 9.10. The second-order valence-electron chi connectivity index (χ2n) is 6.29. The van der Waals surface area contributed by atoms with E-state index in [1.54, 1.807) is 29.1 Å². The number of nitrogens with one attached hydrogen (secondary N) is 1. The van der Waals surface area contributed by atoms with Gasteiger partial charge in [-0.15, -0.1) is 0 Å². The number of alkyl halides is 3. The quantitative estimate of drug-likeness (QED) is 0.535. The molecule has 1 aromatic carbocycles. The Morgan fingerprint density at radius 3 is 2.52 bits per heavy atom. The predicted molar refractivity (Wildman–Crippen MR) is 106 cm³/mol. The largest absolute Gasteiger partial charge is 0.436 e. The summed E-state index contributed by atoms with van der Waals surface area (Å²) in [5, 5.41) is 11.1. The van der Waals surface area contributed by atoms with Gasteiger partial charge < -0.3 is 5.32 Å². The monoisotopic (exact) mass is 489 g/mol. The molecule has 3 rings (SSSR count). The molecule has 154 valence electrons. The van der Waals surface area contributed by atoms with Crippen LogP contribution in [0.1, 0.15) is 23.4 Å². The number of aryl methyl sites for hydroxylation is 1. The molecular formula is C18H16BrClF3N5O. The molecule has 2 heterocycles. The first kappa shape index (κ1) is 21.4. The third kappa shape index (κ3) is 5.39. The third-order valence-electron chi connectivity index (χ3n) is 4.12. The standard InChI is InChI=1S/C18H16BrClF3N5O/c1-11-16(19)17(18(21,22)23)26-28(11)9-7-15(29)24-14-6-8-27(25-14)10-12-2-4-13(20)5-3-12/h2-6,8H,7,9-10H2,1H3,(H,24,25,29). The SMILES string of the molecule is Cc1c(Br)c(C(F)(F)F)nn1CCC(=O)Nc1ccn(Cc2ccc(Cl)cc2)n1. The van der Waals surface area contributed by atoms with Gasteiger partial charge in [0.1, 0.15) is 0 Å². The van der Waals surface area contributed by atoms with Crippen LogP contribution < -0.4 is 5.32 Å². The van der Waals surface area contributed by atoms with Crippen molar-refractivity contribution in [2.45, 2.75) is 32.6 Å². The minimum Gasteiger partial charge on any atom is -0.309 e. The topological polar surface area (TPSA) is 64.7 Å². The number of rotatable bonds is 6. The van der Waals surface area contributed by atoms with Gasteiger partial charge >= 0.3 is 6.18 Å². The fraction of sp³-hybridized carbons (Fsp3) is 0.278. The summed E-state index contributed by atoms with van der Waals surface area (Å²) >= 11 is 8.77. The van der Waals surface area contributed by atoms with E-state index in [9.17, 15) is 18.0 Å². The van der Waals surface area contributed by atoms with E-state index in [1.807, 2.05) is 12.1 Å². The molecule has 0 aliphatic heterocycles. The summed E-state index contributed by atoms with van der Waals surface area (Å²) in [4.78, 5) is 12.1. The number of carbonyl (C=O) groups is 1. The first-order chi connectivity index (χ1) is 13.6. The molecule has 3 aromatic rings. The molecule has 0 saturated heterocycles. The average molecular weight is 491 g/mol. The Labute approximate surface area is 177 Å². The lowest BCUT2D eigenvalue weighted by Gasteiger charge is -2.05. The van der Waals surface area contributed by atoms with E-state index in [2.05, 4.69) is 31.4 Å². The van der Waals surface area contributed by atoms with Gasteiger partial charge in [0, 0.05) is 23.7 Å². The summed E-state index contributed by atoms with van der Waals surface area (Å²) in [6.07, 6.45) is -2.89. The number of aromatic nitrogens is 4. The molecule has 11 heteroatoms. The molecule has 1 amide bonds. The summed E-state index contributed by atoms with van der Waals surface area (Å²) in [6.45, 7) is 2.02. The molecular weight excluding hydrogens is 475 g/mol. The number of halogens is 5. The number of anilines is 1. The fourth-order valence-corrected chi connectivity index (χ4v) is 3.26. The second-order valence-corrected chi connectivity index (χ2v) is 7.52.